The summed E-state index contributed by atoms with van der Waals surface area (Å²) in [6, 6.07) is 0. The van der Waals surface area contributed by atoms with Crippen LogP contribution < -0.4 is 5.32 Å². The number of hydrogen-bond acceptors (Lipinski definition) is 3. The van der Waals surface area contributed by atoms with E-state index in [0.717, 1.165) is 45.4 Å². The van der Waals surface area contributed by atoms with Crippen LogP contribution >= 0.6 is 0 Å². The molecule has 0 unspecified atom stereocenters. The molecule has 12 heavy (non-hydrogen) atoms. The maximum atomic E-state index is 8.54. The van der Waals surface area contributed by atoms with Crippen LogP contribution in [0, 0.1) is 0 Å². The van der Waals surface area contributed by atoms with E-state index in [1.807, 2.05) is 0 Å². The van der Waals surface area contributed by atoms with Crippen molar-refractivity contribution in [2.45, 2.75) is 31.8 Å². The van der Waals surface area contributed by atoms with Crippen molar-refractivity contribution in [1.29, 1.82) is 0 Å². The van der Waals surface area contributed by atoms with Crippen LogP contribution in [0.15, 0.2) is 0 Å². The molecule has 1 aliphatic heterocycles. The van der Waals surface area contributed by atoms with Crippen LogP contribution in [0.4, 0.5) is 0 Å². The first-order valence-electron chi connectivity index (χ1n) is 4.86. The Morgan fingerprint density at radius 3 is 2.67 bits per heavy atom. The number of aliphatic hydroxyl groups is 1. The summed E-state index contributed by atoms with van der Waals surface area (Å²) >= 11 is 0. The number of ether oxygens (including phenoxy) is 1. The van der Waals surface area contributed by atoms with Gasteiger partial charge in [-0.15, -0.1) is 0 Å². The number of piperidine rings is 1. The van der Waals surface area contributed by atoms with Gasteiger partial charge in [-0.05, 0) is 38.8 Å². The Labute approximate surface area is 74.1 Å². The summed E-state index contributed by atoms with van der Waals surface area (Å²) in [6.07, 6.45) is 4.59. The second-order valence-corrected chi connectivity index (χ2v) is 3.25. The highest BCUT2D eigenvalue weighted by atomic mass is 16.5. The highest BCUT2D eigenvalue weighted by Crippen LogP contribution is 2.07. The molecule has 0 aliphatic carbocycles. The fourth-order valence-electron chi connectivity index (χ4n) is 1.43. The molecule has 1 fully saturated rings. The molecule has 1 heterocycles. The summed E-state index contributed by atoms with van der Waals surface area (Å²) in [6.45, 7) is 3.27. The Hall–Kier alpha value is -0.120. The standard InChI is InChI=1S/C9H19NO2/c11-7-1-2-8-12-9-3-5-10-6-4-9/h9-11H,1-8H2. The summed E-state index contributed by atoms with van der Waals surface area (Å²) < 4.78 is 5.63. The first-order chi connectivity index (χ1) is 5.93. The van der Waals surface area contributed by atoms with Gasteiger partial charge in [-0.3, -0.25) is 0 Å². The normalized spacial score (nSPS) is 19.8. The van der Waals surface area contributed by atoms with E-state index in [9.17, 15) is 0 Å². The van der Waals surface area contributed by atoms with E-state index in [1.165, 1.54) is 0 Å². The maximum absolute atomic E-state index is 8.54. The first-order valence-corrected chi connectivity index (χ1v) is 4.86. The molecule has 0 radical (unpaired) electrons. The van der Waals surface area contributed by atoms with Gasteiger partial charge >= 0.3 is 0 Å². The van der Waals surface area contributed by atoms with Gasteiger partial charge in [-0.2, -0.15) is 0 Å². The molecule has 0 aromatic carbocycles. The molecule has 0 atom stereocenters. The van der Waals surface area contributed by atoms with Gasteiger partial charge in [0.15, 0.2) is 0 Å². The van der Waals surface area contributed by atoms with Crippen molar-refractivity contribution < 1.29 is 9.84 Å². The van der Waals surface area contributed by atoms with Gasteiger partial charge in [-0.25, -0.2) is 0 Å². The lowest BCUT2D eigenvalue weighted by Crippen LogP contribution is -2.32. The molecule has 1 aliphatic rings. The minimum absolute atomic E-state index is 0.287. The van der Waals surface area contributed by atoms with Crippen molar-refractivity contribution >= 4 is 0 Å². The Morgan fingerprint density at radius 1 is 1.25 bits per heavy atom. The summed E-state index contributed by atoms with van der Waals surface area (Å²) in [5, 5.41) is 11.8. The smallest absolute Gasteiger partial charge is 0.0599 e. The molecule has 1 rings (SSSR count). The zero-order valence-electron chi connectivity index (χ0n) is 7.59. The van der Waals surface area contributed by atoms with E-state index in [0.29, 0.717) is 6.10 Å². The first kappa shape index (κ1) is 9.96. The van der Waals surface area contributed by atoms with Crippen LogP contribution in [0.25, 0.3) is 0 Å². The van der Waals surface area contributed by atoms with E-state index in [1.54, 1.807) is 0 Å². The topological polar surface area (TPSA) is 41.5 Å². The highest BCUT2D eigenvalue weighted by molar-refractivity contribution is 4.67. The average molecular weight is 173 g/mol. The van der Waals surface area contributed by atoms with E-state index in [-0.39, 0.29) is 6.61 Å². The largest absolute Gasteiger partial charge is 0.396 e. The SMILES string of the molecule is OCCCCOC1CCNCC1. The van der Waals surface area contributed by atoms with Crippen molar-refractivity contribution in [3.05, 3.63) is 0 Å². The van der Waals surface area contributed by atoms with Crippen molar-refractivity contribution in [3.8, 4) is 0 Å². The van der Waals surface area contributed by atoms with Crippen molar-refractivity contribution in [3.63, 3.8) is 0 Å². The summed E-state index contributed by atoms with van der Waals surface area (Å²) in [7, 11) is 0. The fraction of sp³-hybridized carbons (Fsp3) is 1.00. The molecule has 0 spiro atoms. The van der Waals surface area contributed by atoms with Gasteiger partial charge in [-0.1, -0.05) is 0 Å². The Morgan fingerprint density at radius 2 is 2.00 bits per heavy atom. The summed E-state index contributed by atoms with van der Waals surface area (Å²) in [5.74, 6) is 0. The molecule has 2 N–H and O–H groups in total. The molecule has 0 aromatic rings. The molecule has 0 amide bonds. The Balaban J connectivity index is 1.91. The third-order valence-corrected chi connectivity index (χ3v) is 2.19. The number of hydrogen-bond donors (Lipinski definition) is 2. The van der Waals surface area contributed by atoms with Crippen LogP contribution in [0.3, 0.4) is 0 Å². The molecular formula is C9H19NO2. The Bertz CT molecular complexity index is 103. The number of aliphatic hydroxyl groups excluding tert-OH is 1. The second-order valence-electron chi connectivity index (χ2n) is 3.25. The second kappa shape index (κ2) is 6.40. The third-order valence-electron chi connectivity index (χ3n) is 2.19. The monoisotopic (exact) mass is 173 g/mol. The molecule has 3 heteroatoms. The zero-order valence-corrected chi connectivity index (χ0v) is 7.59. The quantitative estimate of drug-likeness (QED) is 0.596. The van der Waals surface area contributed by atoms with E-state index in [2.05, 4.69) is 5.32 Å². The van der Waals surface area contributed by atoms with Crippen LogP contribution in [0.2, 0.25) is 0 Å². The van der Waals surface area contributed by atoms with Gasteiger partial charge in [0.05, 0.1) is 6.10 Å². The summed E-state index contributed by atoms with van der Waals surface area (Å²) in [4.78, 5) is 0. The predicted octanol–water partition coefficient (Wildman–Crippen LogP) is 0.527. The molecule has 72 valence electrons. The van der Waals surface area contributed by atoms with Gasteiger partial charge in [0.1, 0.15) is 0 Å². The van der Waals surface area contributed by atoms with Gasteiger partial charge in [0.2, 0.25) is 0 Å². The number of unbranched alkanes of at least 4 members (excludes halogenated alkanes) is 1. The molecule has 3 nitrogen and oxygen atoms in total. The number of rotatable bonds is 5. The Kier molecular flexibility index (Phi) is 5.32. The van der Waals surface area contributed by atoms with Crippen LogP contribution in [-0.2, 0) is 4.74 Å². The lowest BCUT2D eigenvalue weighted by atomic mass is 10.1. The van der Waals surface area contributed by atoms with Gasteiger partial charge in [0, 0.05) is 13.2 Å². The van der Waals surface area contributed by atoms with Crippen molar-refractivity contribution in [2.24, 2.45) is 0 Å². The molecule has 1 saturated heterocycles. The van der Waals surface area contributed by atoms with Crippen LogP contribution in [0.5, 0.6) is 0 Å². The highest BCUT2D eigenvalue weighted by Gasteiger charge is 2.12. The molecule has 0 aromatic heterocycles. The fourth-order valence-corrected chi connectivity index (χ4v) is 1.43. The minimum Gasteiger partial charge on any atom is -0.396 e. The van der Waals surface area contributed by atoms with E-state index < -0.39 is 0 Å². The molecule has 0 saturated carbocycles. The lowest BCUT2D eigenvalue weighted by Gasteiger charge is -2.22. The zero-order chi connectivity index (χ0) is 8.65. The summed E-state index contributed by atoms with van der Waals surface area (Å²) in [5.41, 5.74) is 0. The molecular weight excluding hydrogens is 154 g/mol. The number of nitrogens with one attached hydrogen (secondary N) is 1. The molecule has 0 bridgehead atoms. The minimum atomic E-state index is 0.287. The van der Waals surface area contributed by atoms with Crippen LogP contribution in [-0.4, -0.2) is 37.5 Å². The average Bonchev–Trinajstić information content (AvgIpc) is 2.14. The third kappa shape index (κ3) is 4.04. The maximum Gasteiger partial charge on any atom is 0.0599 e. The van der Waals surface area contributed by atoms with E-state index >= 15 is 0 Å². The van der Waals surface area contributed by atoms with Crippen molar-refractivity contribution in [1.82, 2.24) is 5.32 Å². The predicted molar refractivity (Wildman–Crippen MR) is 48.2 cm³/mol. The van der Waals surface area contributed by atoms with E-state index in [4.69, 9.17) is 9.84 Å². The van der Waals surface area contributed by atoms with Gasteiger partial charge < -0.3 is 15.2 Å². The lowest BCUT2D eigenvalue weighted by molar-refractivity contribution is 0.0293. The van der Waals surface area contributed by atoms with Crippen molar-refractivity contribution in [2.75, 3.05) is 26.3 Å². The van der Waals surface area contributed by atoms with Crippen LogP contribution in [0.1, 0.15) is 25.7 Å². The van der Waals surface area contributed by atoms with Gasteiger partial charge in [0.25, 0.3) is 0 Å².